The lowest BCUT2D eigenvalue weighted by molar-refractivity contribution is -0.145. The first-order valence-corrected chi connectivity index (χ1v) is 22.7. The predicted molar refractivity (Wildman–Crippen MR) is 241 cm³/mol. The van der Waals surface area contributed by atoms with E-state index in [2.05, 4.69) is 16.0 Å². The highest BCUT2D eigenvalue weighted by Crippen LogP contribution is 2.30. The summed E-state index contributed by atoms with van der Waals surface area (Å²) >= 11 is 0. The Labute approximate surface area is 377 Å². The van der Waals surface area contributed by atoms with Gasteiger partial charge < -0.3 is 31.9 Å². The summed E-state index contributed by atoms with van der Waals surface area (Å²) in [7, 11) is 1.67. The molecule has 17 heteroatoms. The van der Waals surface area contributed by atoms with E-state index in [-0.39, 0.29) is 55.8 Å². The van der Waals surface area contributed by atoms with Crippen LogP contribution in [-0.2, 0) is 47.0 Å². The van der Waals surface area contributed by atoms with Gasteiger partial charge in [-0.15, -0.1) is 0 Å². The number of benzene rings is 3. The second-order valence-corrected chi connectivity index (χ2v) is 17.5. The van der Waals surface area contributed by atoms with E-state index in [1.807, 2.05) is 78.9 Å². The van der Waals surface area contributed by atoms with Crippen LogP contribution in [0.3, 0.4) is 0 Å². The normalized spacial score (nSPS) is 20.5. The number of imide groups is 1. The van der Waals surface area contributed by atoms with E-state index >= 15 is 0 Å². The Kier molecular flexibility index (Phi) is 14.9. The molecule has 3 fully saturated rings. The van der Waals surface area contributed by atoms with Crippen LogP contribution in [0.25, 0.3) is 11.0 Å². The number of aromatic nitrogens is 2. The second kappa shape index (κ2) is 20.9. The Morgan fingerprint density at radius 2 is 1.49 bits per heavy atom. The van der Waals surface area contributed by atoms with E-state index < -0.39 is 59.7 Å². The molecule has 3 aromatic carbocycles. The van der Waals surface area contributed by atoms with Crippen molar-refractivity contribution >= 4 is 52.4 Å². The van der Waals surface area contributed by atoms with E-state index in [0.717, 1.165) is 47.9 Å². The first-order chi connectivity index (χ1) is 31.3. The third-order valence-corrected chi connectivity index (χ3v) is 13.0. The SMILES string of the molecule is Cn1c(=O)n(C2CCC(=O)NC2=O)c2ccc(CCCCCCC(=O)N3CCC4CC[C@@H](C(=O)N[C@@H](CCC(N)=O)C(=O)NC(c5ccccc5)c5ccccc5)N4C(=O)[C@@H](N)C3)cc21. The third-order valence-electron chi connectivity index (χ3n) is 13.0. The molecule has 65 heavy (non-hydrogen) atoms. The third kappa shape index (κ3) is 10.8. The van der Waals surface area contributed by atoms with Gasteiger partial charge >= 0.3 is 5.69 Å². The standard InChI is InChI=1S/C48H59N9O8/c1-54-39-28-30(18-21-36(39)57(48(54)65)38-23-25-41(59)52-46(38)63)12-6-2-3-11-17-42(60)55-27-26-33-19-22-37(56(33)47(64)34(49)29-55)45(62)51-35(20-24-40(50)58)44(61)53-43(31-13-7-4-8-14-31)32-15-9-5-10-16-32/h4-5,7-10,13-16,18,21,28,33-35,37-38,43H,2-3,6,11-12,17,19-20,22-27,29,49H2,1H3,(H2,50,58)(H,51,62)(H,53,61)(H,52,59,63)/t33?,34-,35-,37-,38?/m0/s1. The average Bonchev–Trinajstić information content (AvgIpc) is 3.83. The number of amides is 7. The van der Waals surface area contributed by atoms with Crippen molar-refractivity contribution in [2.45, 2.75) is 120 Å². The summed E-state index contributed by atoms with van der Waals surface area (Å²) in [5, 5.41) is 8.22. The van der Waals surface area contributed by atoms with Crippen LogP contribution in [0, 0.1) is 0 Å². The van der Waals surface area contributed by atoms with Crippen molar-refractivity contribution in [3.05, 3.63) is 106 Å². The number of hydrogen-bond acceptors (Lipinski definition) is 9. The van der Waals surface area contributed by atoms with Gasteiger partial charge in [-0.2, -0.15) is 0 Å². The highest BCUT2D eigenvalue weighted by Gasteiger charge is 2.45. The monoisotopic (exact) mass is 889 g/mol. The first kappa shape index (κ1) is 46.4. The molecule has 0 aliphatic carbocycles. The molecule has 3 aliphatic rings. The summed E-state index contributed by atoms with van der Waals surface area (Å²) < 4.78 is 3.00. The van der Waals surface area contributed by atoms with Crippen LogP contribution in [0.5, 0.6) is 0 Å². The van der Waals surface area contributed by atoms with Crippen LogP contribution in [0.1, 0.15) is 106 Å². The van der Waals surface area contributed by atoms with Crippen molar-refractivity contribution in [3.8, 4) is 0 Å². The Hall–Kier alpha value is -6.62. The Bertz CT molecular complexity index is 2430. The number of carbonyl (C=O) groups excluding carboxylic acids is 7. The van der Waals surface area contributed by atoms with Crippen molar-refractivity contribution < 1.29 is 33.6 Å². The number of unbranched alkanes of at least 4 members (excludes halogenated alkanes) is 3. The Balaban J connectivity index is 0.895. The van der Waals surface area contributed by atoms with Crippen LogP contribution in [0.2, 0.25) is 0 Å². The van der Waals surface area contributed by atoms with Crippen molar-refractivity contribution in [1.82, 2.24) is 34.9 Å². The minimum atomic E-state index is -1.11. The van der Waals surface area contributed by atoms with Gasteiger partial charge in [0, 0.05) is 45.4 Å². The smallest absolute Gasteiger partial charge is 0.329 e. The summed E-state index contributed by atoms with van der Waals surface area (Å²) in [6, 6.07) is 20.0. The fourth-order valence-corrected chi connectivity index (χ4v) is 9.51. The number of aryl methyl sites for hydroxylation is 2. The van der Waals surface area contributed by atoms with Crippen LogP contribution in [-0.4, -0.2) is 97.5 Å². The van der Waals surface area contributed by atoms with Gasteiger partial charge in [0.1, 0.15) is 24.2 Å². The molecule has 17 nitrogen and oxygen atoms in total. The number of nitrogens with one attached hydrogen (secondary N) is 3. The van der Waals surface area contributed by atoms with Gasteiger partial charge in [0.2, 0.25) is 41.4 Å². The van der Waals surface area contributed by atoms with Gasteiger partial charge in [0.15, 0.2) is 0 Å². The zero-order chi connectivity index (χ0) is 46.2. The van der Waals surface area contributed by atoms with E-state index in [4.69, 9.17) is 11.5 Å². The Morgan fingerprint density at radius 3 is 2.17 bits per heavy atom. The highest BCUT2D eigenvalue weighted by molar-refractivity contribution is 6.00. The number of imidazole rings is 1. The summed E-state index contributed by atoms with van der Waals surface area (Å²) in [6.45, 7) is 0.408. The average molecular weight is 890 g/mol. The van der Waals surface area contributed by atoms with E-state index in [0.29, 0.717) is 44.2 Å². The van der Waals surface area contributed by atoms with Gasteiger partial charge in [-0.3, -0.25) is 48.0 Å². The molecular weight excluding hydrogens is 831 g/mol. The molecule has 3 saturated heterocycles. The largest absolute Gasteiger partial charge is 0.370 e. The molecule has 3 aliphatic heterocycles. The first-order valence-electron chi connectivity index (χ1n) is 22.7. The number of primary amides is 1. The topological polar surface area (TPSA) is 241 Å². The molecular formula is C48H59N9O8. The van der Waals surface area contributed by atoms with Crippen molar-refractivity contribution in [2.24, 2.45) is 18.5 Å². The molecule has 0 spiro atoms. The molecule has 0 saturated carbocycles. The number of fused-ring (bicyclic) bond motifs is 2. The lowest BCUT2D eigenvalue weighted by Gasteiger charge is -2.37. The zero-order valence-electron chi connectivity index (χ0n) is 36.8. The number of hydrogen-bond donors (Lipinski definition) is 5. The number of carbonyl (C=O) groups is 7. The predicted octanol–water partition coefficient (Wildman–Crippen LogP) is 2.39. The molecule has 2 unspecified atom stereocenters. The maximum atomic E-state index is 14.0. The fourth-order valence-electron chi connectivity index (χ4n) is 9.51. The van der Waals surface area contributed by atoms with Crippen LogP contribution >= 0.6 is 0 Å². The zero-order valence-corrected chi connectivity index (χ0v) is 36.8. The highest BCUT2D eigenvalue weighted by atomic mass is 16.2. The molecule has 1 aromatic heterocycles. The summed E-state index contributed by atoms with van der Waals surface area (Å²) in [4.78, 5) is 108. The molecule has 4 heterocycles. The minimum Gasteiger partial charge on any atom is -0.370 e. The summed E-state index contributed by atoms with van der Waals surface area (Å²) in [6.07, 6.45) is 5.95. The van der Waals surface area contributed by atoms with Crippen molar-refractivity contribution in [2.75, 3.05) is 13.1 Å². The molecule has 344 valence electrons. The summed E-state index contributed by atoms with van der Waals surface area (Å²) in [5.74, 6) is -2.94. The van der Waals surface area contributed by atoms with Crippen molar-refractivity contribution in [1.29, 1.82) is 0 Å². The summed E-state index contributed by atoms with van der Waals surface area (Å²) in [5.41, 5.74) is 15.7. The molecule has 5 atom stereocenters. The van der Waals surface area contributed by atoms with Gasteiger partial charge in [-0.1, -0.05) is 79.6 Å². The van der Waals surface area contributed by atoms with E-state index in [1.165, 1.54) is 14.0 Å². The molecule has 0 bridgehead atoms. The second-order valence-electron chi connectivity index (χ2n) is 17.5. The molecule has 7 amide bonds. The lowest BCUT2D eigenvalue weighted by atomic mass is 9.98. The van der Waals surface area contributed by atoms with Gasteiger partial charge in [-0.25, -0.2) is 4.79 Å². The van der Waals surface area contributed by atoms with Crippen LogP contribution < -0.4 is 33.1 Å². The van der Waals surface area contributed by atoms with Crippen molar-refractivity contribution in [3.63, 3.8) is 0 Å². The maximum absolute atomic E-state index is 14.0. The van der Waals surface area contributed by atoms with Gasteiger partial charge in [0.05, 0.1) is 17.1 Å². The number of nitrogens with two attached hydrogens (primary N) is 2. The van der Waals surface area contributed by atoms with Gasteiger partial charge in [0.25, 0.3) is 0 Å². The molecule has 4 aromatic rings. The minimum absolute atomic E-state index is 0.0233. The quantitative estimate of drug-likeness (QED) is 0.0772. The molecule has 0 radical (unpaired) electrons. The molecule has 7 N–H and O–H groups in total. The molecule has 7 rings (SSSR count). The number of nitrogens with zero attached hydrogens (tertiary/aromatic N) is 4. The maximum Gasteiger partial charge on any atom is 0.329 e. The lowest BCUT2D eigenvalue weighted by Crippen LogP contribution is -2.60. The number of rotatable bonds is 17. The van der Waals surface area contributed by atoms with Crippen LogP contribution in [0.4, 0.5) is 0 Å². The fraction of sp³-hybridized carbons (Fsp3) is 0.458. The van der Waals surface area contributed by atoms with E-state index in [9.17, 15) is 38.4 Å². The van der Waals surface area contributed by atoms with E-state index in [1.54, 1.807) is 11.9 Å². The van der Waals surface area contributed by atoms with Gasteiger partial charge in [-0.05, 0) is 80.2 Å². The number of piperidine rings is 1. The Morgan fingerprint density at radius 1 is 0.800 bits per heavy atom. The van der Waals surface area contributed by atoms with Crippen LogP contribution in [0.15, 0.2) is 83.7 Å².